The Kier molecular flexibility index (Phi) is 52.0. The Morgan fingerprint density at radius 3 is 1.15 bits per heavy atom. The Morgan fingerprint density at radius 1 is 0.437 bits per heavy atom. The predicted octanol–water partition coefficient (Wildman–Crippen LogP) is 17.2. The highest BCUT2D eigenvalue weighted by atomic mass is 31.2. The van der Waals surface area contributed by atoms with Crippen molar-refractivity contribution in [2.75, 3.05) is 26.4 Å². The molecular weight excluding hydrogens is 906 g/mol. The number of esters is 2. The molecule has 0 saturated heterocycles. The number of ether oxygens (including phenoxy) is 2. The molecule has 0 spiro atoms. The van der Waals surface area contributed by atoms with Crippen molar-refractivity contribution < 1.29 is 37.6 Å². The molecule has 0 fully saturated rings. The molecule has 0 aliphatic rings. The molecule has 0 bridgehead atoms. The van der Waals surface area contributed by atoms with Crippen LogP contribution < -0.4 is 5.73 Å². The van der Waals surface area contributed by atoms with E-state index < -0.39 is 32.5 Å². The first-order valence-electron chi connectivity index (χ1n) is 27.3. The fourth-order valence-corrected chi connectivity index (χ4v) is 7.57. The third kappa shape index (κ3) is 55.1. The average molecular weight is 1000 g/mol. The van der Waals surface area contributed by atoms with Gasteiger partial charge >= 0.3 is 19.8 Å². The second-order valence-electron chi connectivity index (χ2n) is 17.4. The third-order valence-corrected chi connectivity index (χ3v) is 11.7. The van der Waals surface area contributed by atoms with Crippen LogP contribution in [0.3, 0.4) is 0 Å². The van der Waals surface area contributed by atoms with Crippen LogP contribution in [-0.2, 0) is 32.7 Å². The molecule has 400 valence electrons. The van der Waals surface area contributed by atoms with E-state index in [1.807, 2.05) is 12.2 Å². The van der Waals surface area contributed by atoms with E-state index in [4.69, 9.17) is 24.3 Å². The molecular formula is C61H98NO8P. The summed E-state index contributed by atoms with van der Waals surface area (Å²) in [5, 5.41) is 0. The zero-order valence-corrected chi connectivity index (χ0v) is 45.3. The molecule has 10 heteroatoms. The van der Waals surface area contributed by atoms with Crippen molar-refractivity contribution in [3.8, 4) is 0 Å². The lowest BCUT2D eigenvalue weighted by Gasteiger charge is -2.19. The molecule has 2 atom stereocenters. The lowest BCUT2D eigenvalue weighted by Crippen LogP contribution is -2.29. The van der Waals surface area contributed by atoms with Gasteiger partial charge in [-0.2, -0.15) is 0 Å². The van der Waals surface area contributed by atoms with Crippen molar-refractivity contribution in [3.63, 3.8) is 0 Å². The van der Waals surface area contributed by atoms with E-state index >= 15 is 0 Å². The van der Waals surface area contributed by atoms with Crippen LogP contribution in [0, 0.1) is 0 Å². The summed E-state index contributed by atoms with van der Waals surface area (Å²) < 4.78 is 32.8. The van der Waals surface area contributed by atoms with Crippen molar-refractivity contribution >= 4 is 19.8 Å². The molecule has 3 N–H and O–H groups in total. The van der Waals surface area contributed by atoms with Gasteiger partial charge in [-0.3, -0.25) is 18.6 Å². The summed E-state index contributed by atoms with van der Waals surface area (Å²) in [5.74, 6) is -0.987. The molecule has 0 aromatic rings. The normalized spacial score (nSPS) is 14.3. The van der Waals surface area contributed by atoms with Crippen LogP contribution in [0.1, 0.15) is 194 Å². The lowest BCUT2D eigenvalue weighted by molar-refractivity contribution is -0.160. The lowest BCUT2D eigenvalue weighted by atomic mass is 10.0. The summed E-state index contributed by atoms with van der Waals surface area (Å²) in [7, 11) is -4.41. The Labute approximate surface area is 433 Å². The maximum atomic E-state index is 12.7. The van der Waals surface area contributed by atoms with Crippen molar-refractivity contribution in [1.82, 2.24) is 0 Å². The number of carbonyl (C=O) groups is 2. The van der Waals surface area contributed by atoms with Crippen molar-refractivity contribution in [3.05, 3.63) is 146 Å². The summed E-state index contributed by atoms with van der Waals surface area (Å²) in [6.45, 7) is 3.37. The predicted molar refractivity (Wildman–Crippen MR) is 302 cm³/mol. The van der Waals surface area contributed by atoms with Crippen LogP contribution in [0.2, 0.25) is 0 Å². The molecule has 9 nitrogen and oxygen atoms in total. The van der Waals surface area contributed by atoms with Gasteiger partial charge in [0.25, 0.3) is 0 Å². The summed E-state index contributed by atoms with van der Waals surface area (Å²) >= 11 is 0. The Hall–Kier alpha value is -4.11. The summed E-state index contributed by atoms with van der Waals surface area (Å²) in [5.41, 5.74) is 5.36. The van der Waals surface area contributed by atoms with Gasteiger partial charge in [0.05, 0.1) is 19.6 Å². The third-order valence-electron chi connectivity index (χ3n) is 10.8. The maximum Gasteiger partial charge on any atom is 0.472 e. The molecule has 0 rings (SSSR count). The van der Waals surface area contributed by atoms with Gasteiger partial charge in [-0.25, -0.2) is 4.57 Å². The van der Waals surface area contributed by atoms with Crippen molar-refractivity contribution in [2.24, 2.45) is 5.73 Å². The number of carbonyl (C=O) groups excluding carboxylic acids is 2. The number of phosphoric acid groups is 1. The molecule has 0 saturated carbocycles. The number of hydrogen-bond acceptors (Lipinski definition) is 8. The molecule has 2 unspecified atom stereocenters. The highest BCUT2D eigenvalue weighted by molar-refractivity contribution is 7.47. The summed E-state index contributed by atoms with van der Waals surface area (Å²) in [6.07, 6.45) is 79.4. The van der Waals surface area contributed by atoms with Crippen LogP contribution in [0.15, 0.2) is 146 Å². The minimum Gasteiger partial charge on any atom is -0.461 e. The molecule has 71 heavy (non-hydrogen) atoms. The fourth-order valence-electron chi connectivity index (χ4n) is 6.81. The zero-order chi connectivity index (χ0) is 51.7. The SMILES string of the molecule is CC/C=C\C/C=C\C/C=C\C/C=C\C/C=C\C/C=C\C/C=C\CCCCCCCCCCCCCCCC(=O)OC(COC(=O)C/C=C\C/C=C\C/C=C\C/C=C\C/C=C\CC)COP(=O)(O)OCCN. The Morgan fingerprint density at radius 2 is 0.775 bits per heavy atom. The zero-order valence-electron chi connectivity index (χ0n) is 44.4. The number of allylic oxidation sites excluding steroid dienone is 23. The molecule has 0 aromatic heterocycles. The van der Waals surface area contributed by atoms with Crippen LogP contribution in [0.25, 0.3) is 0 Å². The first-order valence-corrected chi connectivity index (χ1v) is 28.8. The van der Waals surface area contributed by atoms with E-state index in [-0.39, 0.29) is 32.6 Å². The van der Waals surface area contributed by atoms with Gasteiger partial charge in [0.15, 0.2) is 6.10 Å². The van der Waals surface area contributed by atoms with Crippen LogP contribution in [0.5, 0.6) is 0 Å². The molecule has 0 aromatic carbocycles. The number of phosphoric ester groups is 1. The van der Waals surface area contributed by atoms with Crippen LogP contribution in [-0.4, -0.2) is 49.3 Å². The average Bonchev–Trinajstić information content (AvgIpc) is 3.36. The fraction of sp³-hybridized carbons (Fsp3) is 0.574. The van der Waals surface area contributed by atoms with Gasteiger partial charge in [0.1, 0.15) is 6.61 Å². The van der Waals surface area contributed by atoms with Gasteiger partial charge in [-0.1, -0.05) is 230 Å². The minimum absolute atomic E-state index is 0.0347. The van der Waals surface area contributed by atoms with E-state index in [2.05, 4.69) is 141 Å². The summed E-state index contributed by atoms with van der Waals surface area (Å²) in [6, 6.07) is 0. The van der Waals surface area contributed by atoms with Crippen molar-refractivity contribution in [1.29, 1.82) is 0 Å². The second kappa shape index (κ2) is 55.2. The number of unbranched alkanes of at least 4 members (excludes halogenated alkanes) is 13. The Balaban J connectivity index is 4.03. The Bertz CT molecular complexity index is 1660. The number of nitrogens with two attached hydrogens (primary N) is 1. The standard InChI is InChI=1S/C61H98NO8P/c1-3-5-7-9-11-13-15-17-19-20-21-22-23-24-25-26-27-28-29-30-31-32-33-34-35-36-37-38-40-42-44-46-48-50-52-54-61(64)70-59(58-69-71(65,66)68-56-55-62)57-67-60(63)53-51-49-47-45-43-41-39-18-16-14-12-10-8-6-4-2/h5-8,11-14,17-19,21-22,24-25,27-28,30-31,39,43,45,49,51,59H,3-4,9-10,15-16,20,23,26,29,32-38,40-42,44,46-48,50,52-58,62H2,1-2H3,(H,65,66)/b7-5-,8-6-,13-11-,14-12-,19-17-,22-21-,25-24-,28-27-,31-30-,39-18-,45-43-,51-49-. The molecule has 0 amide bonds. The maximum absolute atomic E-state index is 12.7. The van der Waals surface area contributed by atoms with Gasteiger partial charge in [0, 0.05) is 13.0 Å². The molecule has 0 heterocycles. The van der Waals surface area contributed by atoms with E-state index in [0.717, 1.165) is 89.9 Å². The van der Waals surface area contributed by atoms with Gasteiger partial charge in [-0.05, 0) is 96.3 Å². The monoisotopic (exact) mass is 1000 g/mol. The van der Waals surface area contributed by atoms with E-state index in [1.165, 1.54) is 64.2 Å². The van der Waals surface area contributed by atoms with Crippen molar-refractivity contribution in [2.45, 2.75) is 200 Å². The first kappa shape index (κ1) is 66.9. The van der Waals surface area contributed by atoms with Gasteiger partial charge in [-0.15, -0.1) is 0 Å². The largest absolute Gasteiger partial charge is 0.472 e. The topological polar surface area (TPSA) is 134 Å². The number of rotatable bonds is 49. The quantitative estimate of drug-likeness (QED) is 0.0264. The number of hydrogen-bond donors (Lipinski definition) is 2. The van der Waals surface area contributed by atoms with Crippen LogP contribution >= 0.6 is 7.82 Å². The smallest absolute Gasteiger partial charge is 0.461 e. The minimum atomic E-state index is -4.41. The van der Waals surface area contributed by atoms with E-state index in [1.54, 1.807) is 6.08 Å². The highest BCUT2D eigenvalue weighted by Crippen LogP contribution is 2.43. The first-order chi connectivity index (χ1) is 34.8. The molecule has 0 aliphatic carbocycles. The van der Waals surface area contributed by atoms with Crippen LogP contribution in [0.4, 0.5) is 0 Å². The van der Waals surface area contributed by atoms with Gasteiger partial charge in [0.2, 0.25) is 0 Å². The molecule has 0 radical (unpaired) electrons. The summed E-state index contributed by atoms with van der Waals surface area (Å²) in [4.78, 5) is 35.0. The second-order valence-corrected chi connectivity index (χ2v) is 18.8. The van der Waals surface area contributed by atoms with Gasteiger partial charge < -0.3 is 20.1 Å². The molecule has 0 aliphatic heterocycles. The van der Waals surface area contributed by atoms with E-state index in [0.29, 0.717) is 12.8 Å². The highest BCUT2D eigenvalue weighted by Gasteiger charge is 2.25. The van der Waals surface area contributed by atoms with E-state index in [9.17, 15) is 19.0 Å².